The van der Waals surface area contributed by atoms with Crippen molar-refractivity contribution in [2.45, 2.75) is 26.2 Å². The number of rotatable bonds is 6. The van der Waals surface area contributed by atoms with Crippen molar-refractivity contribution in [1.29, 1.82) is 0 Å². The summed E-state index contributed by atoms with van der Waals surface area (Å²) in [6.07, 6.45) is 1.84. The number of hydrogen-bond donors (Lipinski definition) is 2. The van der Waals surface area contributed by atoms with E-state index in [2.05, 4.69) is 10.2 Å². The van der Waals surface area contributed by atoms with Crippen LogP contribution in [0.25, 0.3) is 0 Å². The van der Waals surface area contributed by atoms with Gasteiger partial charge in [0.2, 0.25) is 0 Å². The second-order valence-corrected chi connectivity index (χ2v) is 5.98. The van der Waals surface area contributed by atoms with E-state index in [-0.39, 0.29) is 12.5 Å². The number of unbranched alkanes of at least 4 members (excludes halogenated alkanes) is 1. The number of carbonyl (C=O) groups excluding carboxylic acids is 1. The Kier molecular flexibility index (Phi) is 6.40. The quantitative estimate of drug-likeness (QED) is 0.790. The van der Waals surface area contributed by atoms with Crippen molar-refractivity contribution >= 4 is 17.7 Å². The second-order valence-electron chi connectivity index (χ2n) is 5.98. The molecule has 1 aliphatic rings. The number of benzene rings is 1. The number of piperazine rings is 1. The number of carbonyl (C=O) groups is 2. The molecule has 1 heterocycles. The highest BCUT2D eigenvalue weighted by molar-refractivity contribution is 5.89. The molecule has 1 aromatic rings. The summed E-state index contributed by atoms with van der Waals surface area (Å²) in [7, 11) is 0. The summed E-state index contributed by atoms with van der Waals surface area (Å²) in [5.74, 6) is -0.734. The number of amides is 2. The van der Waals surface area contributed by atoms with Crippen LogP contribution < -0.4 is 5.32 Å². The van der Waals surface area contributed by atoms with E-state index >= 15 is 0 Å². The van der Waals surface area contributed by atoms with Gasteiger partial charge in [-0.05, 0) is 44.0 Å². The average molecular weight is 319 g/mol. The van der Waals surface area contributed by atoms with Crippen LogP contribution in [-0.4, -0.2) is 59.6 Å². The van der Waals surface area contributed by atoms with Gasteiger partial charge >= 0.3 is 12.0 Å². The molecule has 1 aromatic carbocycles. The number of urea groups is 1. The normalized spacial score (nSPS) is 15.4. The van der Waals surface area contributed by atoms with Gasteiger partial charge in [-0.15, -0.1) is 0 Å². The maximum atomic E-state index is 12.3. The third-order valence-electron chi connectivity index (χ3n) is 4.04. The number of aryl methyl sites for hydroxylation is 1. The molecule has 2 rings (SSSR count). The first-order valence-corrected chi connectivity index (χ1v) is 8.11. The zero-order valence-corrected chi connectivity index (χ0v) is 13.6. The Hall–Kier alpha value is -2.08. The van der Waals surface area contributed by atoms with E-state index in [1.165, 1.54) is 0 Å². The van der Waals surface area contributed by atoms with Crippen molar-refractivity contribution in [3.8, 4) is 0 Å². The average Bonchev–Trinajstić information content (AvgIpc) is 2.52. The van der Waals surface area contributed by atoms with Crippen molar-refractivity contribution in [1.82, 2.24) is 9.80 Å². The van der Waals surface area contributed by atoms with E-state index in [1.54, 1.807) is 0 Å². The lowest BCUT2D eigenvalue weighted by molar-refractivity contribution is -0.137. The van der Waals surface area contributed by atoms with Gasteiger partial charge in [-0.25, -0.2) is 4.79 Å². The van der Waals surface area contributed by atoms with Crippen LogP contribution >= 0.6 is 0 Å². The minimum absolute atomic E-state index is 0.0545. The predicted molar refractivity (Wildman–Crippen MR) is 89.7 cm³/mol. The Balaban J connectivity index is 1.69. The minimum atomic E-state index is -0.734. The molecule has 0 spiro atoms. The highest BCUT2D eigenvalue weighted by Crippen LogP contribution is 2.12. The van der Waals surface area contributed by atoms with E-state index in [0.717, 1.165) is 37.3 Å². The molecule has 0 aliphatic carbocycles. The summed E-state index contributed by atoms with van der Waals surface area (Å²) in [5.41, 5.74) is 1.94. The third kappa shape index (κ3) is 5.90. The fourth-order valence-corrected chi connectivity index (χ4v) is 2.71. The van der Waals surface area contributed by atoms with E-state index in [9.17, 15) is 9.59 Å². The van der Waals surface area contributed by atoms with Gasteiger partial charge in [0.1, 0.15) is 0 Å². The second kappa shape index (κ2) is 8.53. The molecule has 2 N–H and O–H groups in total. The summed E-state index contributed by atoms with van der Waals surface area (Å²) < 4.78 is 0. The first kappa shape index (κ1) is 17.3. The molecular weight excluding hydrogens is 294 g/mol. The van der Waals surface area contributed by atoms with Crippen LogP contribution in [0.2, 0.25) is 0 Å². The Morgan fingerprint density at radius 2 is 1.91 bits per heavy atom. The highest BCUT2D eigenvalue weighted by atomic mass is 16.4. The van der Waals surface area contributed by atoms with E-state index in [1.807, 2.05) is 36.1 Å². The molecule has 1 saturated heterocycles. The molecule has 1 fully saturated rings. The fourth-order valence-electron chi connectivity index (χ4n) is 2.71. The van der Waals surface area contributed by atoms with Crippen molar-refractivity contribution in [3.05, 3.63) is 29.8 Å². The molecular formula is C17H25N3O3. The number of carboxylic acid groups (broad SMARTS) is 1. The van der Waals surface area contributed by atoms with Gasteiger partial charge in [-0.1, -0.05) is 12.1 Å². The van der Waals surface area contributed by atoms with Crippen LogP contribution in [0.15, 0.2) is 24.3 Å². The van der Waals surface area contributed by atoms with Crippen molar-refractivity contribution in [2.24, 2.45) is 0 Å². The van der Waals surface area contributed by atoms with Gasteiger partial charge in [0.05, 0.1) is 0 Å². The molecule has 0 radical (unpaired) electrons. The van der Waals surface area contributed by atoms with Gasteiger partial charge in [-0.2, -0.15) is 0 Å². The smallest absolute Gasteiger partial charge is 0.321 e. The summed E-state index contributed by atoms with van der Waals surface area (Å²) in [4.78, 5) is 26.8. The van der Waals surface area contributed by atoms with Crippen LogP contribution in [0.1, 0.15) is 24.8 Å². The molecule has 0 saturated carbocycles. The van der Waals surface area contributed by atoms with E-state index < -0.39 is 5.97 Å². The monoisotopic (exact) mass is 319 g/mol. The SMILES string of the molecule is Cc1cccc(NC(=O)N2CCN(CCCCC(=O)O)CC2)c1. The van der Waals surface area contributed by atoms with Crippen LogP contribution in [-0.2, 0) is 4.79 Å². The Labute approximate surface area is 137 Å². The molecule has 2 amide bonds. The zero-order valence-electron chi connectivity index (χ0n) is 13.6. The maximum Gasteiger partial charge on any atom is 0.321 e. The lowest BCUT2D eigenvalue weighted by Gasteiger charge is -2.34. The summed E-state index contributed by atoms with van der Waals surface area (Å²) in [6.45, 7) is 6.00. The van der Waals surface area contributed by atoms with E-state index in [0.29, 0.717) is 19.5 Å². The molecule has 1 aliphatic heterocycles. The predicted octanol–water partition coefficient (Wildman–Crippen LogP) is 2.40. The van der Waals surface area contributed by atoms with Crippen LogP contribution in [0.3, 0.4) is 0 Å². The Morgan fingerprint density at radius 3 is 2.57 bits per heavy atom. The molecule has 0 unspecified atom stereocenters. The fraction of sp³-hybridized carbons (Fsp3) is 0.529. The van der Waals surface area contributed by atoms with Crippen LogP contribution in [0.4, 0.5) is 10.5 Å². The van der Waals surface area contributed by atoms with Crippen molar-refractivity contribution in [3.63, 3.8) is 0 Å². The number of carboxylic acids is 1. The molecule has 126 valence electrons. The lowest BCUT2D eigenvalue weighted by atomic mass is 10.2. The lowest BCUT2D eigenvalue weighted by Crippen LogP contribution is -2.50. The van der Waals surface area contributed by atoms with Gasteiger partial charge in [0.15, 0.2) is 0 Å². The van der Waals surface area contributed by atoms with Gasteiger partial charge in [-0.3, -0.25) is 9.69 Å². The molecule has 0 bridgehead atoms. The van der Waals surface area contributed by atoms with Crippen LogP contribution in [0, 0.1) is 6.92 Å². The van der Waals surface area contributed by atoms with E-state index in [4.69, 9.17) is 5.11 Å². The molecule has 0 atom stereocenters. The van der Waals surface area contributed by atoms with Gasteiger partial charge < -0.3 is 15.3 Å². The third-order valence-corrected chi connectivity index (χ3v) is 4.04. The standard InChI is InChI=1S/C17H25N3O3/c1-14-5-4-6-15(13-14)18-17(23)20-11-9-19(10-12-20)8-3-2-7-16(21)22/h4-6,13H,2-3,7-12H2,1H3,(H,18,23)(H,21,22). The first-order valence-electron chi connectivity index (χ1n) is 8.11. The Morgan fingerprint density at radius 1 is 1.17 bits per heavy atom. The number of nitrogens with one attached hydrogen (secondary N) is 1. The number of anilines is 1. The van der Waals surface area contributed by atoms with Gasteiger partial charge in [0.25, 0.3) is 0 Å². The summed E-state index contributed by atoms with van der Waals surface area (Å²) in [6, 6.07) is 7.72. The first-order chi connectivity index (χ1) is 11.0. The highest BCUT2D eigenvalue weighted by Gasteiger charge is 2.20. The largest absolute Gasteiger partial charge is 0.481 e. The Bertz CT molecular complexity index is 540. The number of hydrogen-bond acceptors (Lipinski definition) is 3. The maximum absolute atomic E-state index is 12.3. The molecule has 6 heteroatoms. The topological polar surface area (TPSA) is 72.9 Å². The molecule has 6 nitrogen and oxygen atoms in total. The molecule has 0 aromatic heterocycles. The minimum Gasteiger partial charge on any atom is -0.481 e. The number of aliphatic carboxylic acids is 1. The number of nitrogens with zero attached hydrogens (tertiary/aromatic N) is 2. The zero-order chi connectivity index (χ0) is 16.7. The summed E-state index contributed by atoms with van der Waals surface area (Å²) >= 11 is 0. The molecule has 23 heavy (non-hydrogen) atoms. The summed E-state index contributed by atoms with van der Waals surface area (Å²) in [5, 5.41) is 11.6. The van der Waals surface area contributed by atoms with Crippen LogP contribution in [0.5, 0.6) is 0 Å². The van der Waals surface area contributed by atoms with Gasteiger partial charge in [0, 0.05) is 38.3 Å². The van der Waals surface area contributed by atoms with Crippen molar-refractivity contribution < 1.29 is 14.7 Å². The van der Waals surface area contributed by atoms with Crippen molar-refractivity contribution in [2.75, 3.05) is 38.0 Å².